The summed E-state index contributed by atoms with van der Waals surface area (Å²) in [5.74, 6) is -0.388. The van der Waals surface area contributed by atoms with E-state index in [1.54, 1.807) is 13.8 Å². The van der Waals surface area contributed by atoms with E-state index >= 15 is 0 Å². The standard InChI is InChI=1S/C24H25F3N2O3S2/c1-16-23(33-17(2)28-16)34(30,31)20-11-12-22(32-24(25,26)27)19(14-20)15-29-13-7-6-10-21(29)18-8-4-3-5-9-18/h3-5,8-9,11-12,14,21H,6-7,10,13,15H2,1-2H3/t21-/m0/s1. The van der Waals surface area contributed by atoms with Gasteiger partial charge >= 0.3 is 6.36 Å². The largest absolute Gasteiger partial charge is 0.573 e. The normalized spacial score (nSPS) is 17.6. The highest BCUT2D eigenvalue weighted by atomic mass is 32.2. The van der Waals surface area contributed by atoms with Crippen molar-refractivity contribution in [2.75, 3.05) is 6.54 Å². The van der Waals surface area contributed by atoms with Gasteiger partial charge in [-0.25, -0.2) is 13.4 Å². The van der Waals surface area contributed by atoms with Crippen LogP contribution in [0.2, 0.25) is 0 Å². The number of sulfone groups is 1. The van der Waals surface area contributed by atoms with E-state index in [4.69, 9.17) is 0 Å². The molecule has 2 heterocycles. The molecule has 1 fully saturated rings. The molecule has 2 aromatic carbocycles. The predicted octanol–water partition coefficient (Wildman–Crippen LogP) is 6.22. The van der Waals surface area contributed by atoms with Crippen LogP contribution in [0, 0.1) is 13.8 Å². The fourth-order valence-electron chi connectivity index (χ4n) is 4.39. The number of nitrogens with zero attached hydrogens (tertiary/aromatic N) is 2. The van der Waals surface area contributed by atoms with E-state index in [0.29, 0.717) is 17.2 Å². The molecule has 0 N–H and O–H groups in total. The Hall–Kier alpha value is -2.43. The molecule has 1 atom stereocenters. The first kappa shape index (κ1) is 24.7. The van der Waals surface area contributed by atoms with Crippen molar-refractivity contribution in [3.63, 3.8) is 0 Å². The summed E-state index contributed by atoms with van der Waals surface area (Å²) in [4.78, 5) is 6.21. The summed E-state index contributed by atoms with van der Waals surface area (Å²) < 4.78 is 70.4. The lowest BCUT2D eigenvalue weighted by atomic mass is 9.94. The number of aryl methyl sites for hydroxylation is 2. The third-order valence-corrected chi connectivity index (χ3v) is 9.28. The van der Waals surface area contributed by atoms with Crippen molar-refractivity contribution in [2.24, 2.45) is 0 Å². The van der Waals surface area contributed by atoms with E-state index in [2.05, 4.69) is 14.6 Å². The van der Waals surface area contributed by atoms with Crippen LogP contribution in [0.4, 0.5) is 13.2 Å². The summed E-state index contributed by atoms with van der Waals surface area (Å²) in [6.07, 6.45) is -2.09. The number of piperidine rings is 1. The van der Waals surface area contributed by atoms with Crippen molar-refractivity contribution in [1.29, 1.82) is 0 Å². The van der Waals surface area contributed by atoms with Crippen molar-refractivity contribution in [3.8, 4) is 5.75 Å². The smallest absolute Gasteiger partial charge is 0.405 e. The summed E-state index contributed by atoms with van der Waals surface area (Å²) in [6, 6.07) is 13.4. The third-order valence-electron chi connectivity index (χ3n) is 5.84. The number of thiazole rings is 1. The topological polar surface area (TPSA) is 59.5 Å². The van der Waals surface area contributed by atoms with Crippen molar-refractivity contribution in [2.45, 2.75) is 61.2 Å². The zero-order chi connectivity index (χ0) is 24.5. The number of halogens is 3. The second-order valence-corrected chi connectivity index (χ2v) is 11.7. The maximum atomic E-state index is 13.3. The Balaban J connectivity index is 1.74. The summed E-state index contributed by atoms with van der Waals surface area (Å²) in [5, 5.41) is 0.604. The van der Waals surface area contributed by atoms with Gasteiger partial charge in [0.2, 0.25) is 9.84 Å². The van der Waals surface area contributed by atoms with Gasteiger partial charge in [0.25, 0.3) is 0 Å². The number of rotatable bonds is 6. The van der Waals surface area contributed by atoms with E-state index < -0.39 is 16.2 Å². The molecule has 4 rings (SSSR count). The zero-order valence-corrected chi connectivity index (χ0v) is 20.4. The molecule has 0 saturated carbocycles. The number of hydrogen-bond donors (Lipinski definition) is 0. The highest BCUT2D eigenvalue weighted by Crippen LogP contribution is 2.37. The molecular formula is C24H25F3N2O3S2. The molecule has 5 nitrogen and oxygen atoms in total. The average Bonchev–Trinajstić information content (AvgIpc) is 3.13. The van der Waals surface area contributed by atoms with E-state index in [1.165, 1.54) is 12.1 Å². The Morgan fingerprint density at radius 2 is 1.85 bits per heavy atom. The monoisotopic (exact) mass is 510 g/mol. The minimum atomic E-state index is -4.89. The molecule has 3 aromatic rings. The average molecular weight is 511 g/mol. The lowest BCUT2D eigenvalue weighted by molar-refractivity contribution is -0.275. The highest BCUT2D eigenvalue weighted by Gasteiger charge is 2.34. The molecule has 182 valence electrons. The fraction of sp³-hybridized carbons (Fsp3) is 0.375. The zero-order valence-electron chi connectivity index (χ0n) is 18.8. The first-order chi connectivity index (χ1) is 16.0. The van der Waals surface area contributed by atoms with Gasteiger partial charge in [-0.1, -0.05) is 36.8 Å². The Morgan fingerprint density at radius 1 is 1.12 bits per heavy atom. The van der Waals surface area contributed by atoms with E-state index in [1.807, 2.05) is 30.3 Å². The minimum absolute atomic E-state index is 0.0281. The highest BCUT2D eigenvalue weighted by molar-refractivity contribution is 7.93. The Labute approximate surface area is 201 Å². The van der Waals surface area contributed by atoms with Gasteiger partial charge in [-0.05, 0) is 57.0 Å². The van der Waals surface area contributed by atoms with Crippen LogP contribution in [-0.2, 0) is 16.4 Å². The predicted molar refractivity (Wildman–Crippen MR) is 124 cm³/mol. The Morgan fingerprint density at radius 3 is 2.50 bits per heavy atom. The molecule has 34 heavy (non-hydrogen) atoms. The van der Waals surface area contributed by atoms with Gasteiger partial charge in [0.15, 0.2) is 0 Å². The van der Waals surface area contributed by atoms with Crippen molar-refractivity contribution < 1.29 is 26.3 Å². The molecule has 0 radical (unpaired) electrons. The number of likely N-dealkylation sites (tertiary alicyclic amines) is 1. The molecule has 0 spiro atoms. The van der Waals surface area contributed by atoms with Crippen LogP contribution < -0.4 is 4.74 Å². The Kier molecular flexibility index (Phi) is 7.02. The van der Waals surface area contributed by atoms with Crippen LogP contribution in [0.3, 0.4) is 0 Å². The molecule has 1 aliphatic heterocycles. The second-order valence-electron chi connectivity index (χ2n) is 8.32. The van der Waals surface area contributed by atoms with Gasteiger partial charge in [0.1, 0.15) is 9.96 Å². The van der Waals surface area contributed by atoms with E-state index in [-0.39, 0.29) is 33.0 Å². The van der Waals surface area contributed by atoms with Crippen molar-refractivity contribution in [1.82, 2.24) is 9.88 Å². The van der Waals surface area contributed by atoms with Crippen LogP contribution in [0.25, 0.3) is 0 Å². The van der Waals surface area contributed by atoms with Crippen LogP contribution in [0.1, 0.15) is 47.1 Å². The molecule has 10 heteroatoms. The summed E-state index contributed by atoms with van der Waals surface area (Å²) in [6.45, 7) is 4.14. The van der Waals surface area contributed by atoms with Gasteiger partial charge < -0.3 is 4.74 Å². The molecule has 1 aromatic heterocycles. The second kappa shape index (κ2) is 9.67. The number of aromatic nitrogens is 1. The van der Waals surface area contributed by atoms with Crippen LogP contribution >= 0.6 is 11.3 Å². The molecular weight excluding hydrogens is 485 g/mol. The van der Waals surface area contributed by atoms with Gasteiger partial charge in [0.05, 0.1) is 15.6 Å². The minimum Gasteiger partial charge on any atom is -0.405 e. The maximum Gasteiger partial charge on any atom is 0.573 e. The van der Waals surface area contributed by atoms with E-state index in [0.717, 1.165) is 42.2 Å². The van der Waals surface area contributed by atoms with Gasteiger partial charge in [-0.3, -0.25) is 4.90 Å². The van der Waals surface area contributed by atoms with Gasteiger partial charge in [0, 0.05) is 18.2 Å². The molecule has 1 saturated heterocycles. The molecule has 0 unspecified atom stereocenters. The summed E-state index contributed by atoms with van der Waals surface area (Å²) in [5.41, 5.74) is 1.64. The number of hydrogen-bond acceptors (Lipinski definition) is 6. The summed E-state index contributed by atoms with van der Waals surface area (Å²) in [7, 11) is -3.94. The molecule has 0 aliphatic carbocycles. The Bertz CT molecular complexity index is 1260. The van der Waals surface area contributed by atoms with Gasteiger partial charge in [-0.15, -0.1) is 24.5 Å². The van der Waals surface area contributed by atoms with Crippen LogP contribution in [0.5, 0.6) is 5.75 Å². The van der Waals surface area contributed by atoms with Gasteiger partial charge in [-0.2, -0.15) is 0 Å². The summed E-state index contributed by atoms with van der Waals surface area (Å²) >= 11 is 1.05. The van der Waals surface area contributed by atoms with Crippen LogP contribution in [0.15, 0.2) is 57.6 Å². The number of ether oxygens (including phenoxy) is 1. The SMILES string of the molecule is Cc1nc(C)c(S(=O)(=O)c2ccc(OC(F)(F)F)c(CN3CCCC[C@H]3c3ccccc3)c2)s1. The van der Waals surface area contributed by atoms with Crippen molar-refractivity contribution in [3.05, 3.63) is 70.4 Å². The number of benzene rings is 2. The lowest BCUT2D eigenvalue weighted by Gasteiger charge is -2.36. The molecule has 0 bridgehead atoms. The van der Waals surface area contributed by atoms with E-state index in [9.17, 15) is 21.6 Å². The first-order valence-electron chi connectivity index (χ1n) is 10.9. The van der Waals surface area contributed by atoms with Crippen molar-refractivity contribution >= 4 is 21.2 Å². The number of alkyl halides is 3. The molecule has 0 amide bonds. The maximum absolute atomic E-state index is 13.3. The van der Waals surface area contributed by atoms with Crippen LogP contribution in [-0.4, -0.2) is 31.2 Å². The fourth-order valence-corrected chi connectivity index (χ4v) is 7.32. The first-order valence-corrected chi connectivity index (χ1v) is 13.2. The molecule has 1 aliphatic rings. The third kappa shape index (κ3) is 5.45. The quantitative estimate of drug-likeness (QED) is 0.394. The lowest BCUT2D eigenvalue weighted by Crippen LogP contribution is -2.33.